The first kappa shape index (κ1) is 15.0. The van der Waals surface area contributed by atoms with Crippen LogP contribution in [0.1, 0.15) is 18.1 Å². The molecule has 1 aliphatic rings. The molecule has 0 saturated carbocycles. The molecule has 2 rings (SSSR count). The molecule has 4 heteroatoms. The Balaban J connectivity index is 1.92. The summed E-state index contributed by atoms with van der Waals surface area (Å²) < 4.78 is 1.23. The van der Waals surface area contributed by atoms with Crippen LogP contribution in [0.4, 0.5) is 0 Å². The van der Waals surface area contributed by atoms with Gasteiger partial charge in [0, 0.05) is 43.7 Å². The summed E-state index contributed by atoms with van der Waals surface area (Å²) >= 11 is 3.70. The van der Waals surface area contributed by atoms with Gasteiger partial charge in [-0.1, -0.05) is 35.0 Å². The Bertz CT molecular complexity index is 400. The van der Waals surface area contributed by atoms with Crippen LogP contribution in [-0.4, -0.2) is 49.6 Å². The molecule has 0 spiro atoms. The number of likely N-dealkylation sites (N-methyl/N-ethyl adjacent to an activating group) is 1. The van der Waals surface area contributed by atoms with Crippen molar-refractivity contribution in [3.05, 3.63) is 33.8 Å². The highest BCUT2D eigenvalue weighted by molar-refractivity contribution is 9.10. The number of rotatable bonds is 5. The number of hydrogen-bond donors (Lipinski definition) is 1. The van der Waals surface area contributed by atoms with Gasteiger partial charge < -0.3 is 10.2 Å². The molecule has 1 aromatic carbocycles. The van der Waals surface area contributed by atoms with Crippen LogP contribution < -0.4 is 5.32 Å². The fourth-order valence-corrected chi connectivity index (χ4v) is 3.09. The quantitative estimate of drug-likeness (QED) is 0.896. The first-order valence-electron chi connectivity index (χ1n) is 7.09. The molecule has 19 heavy (non-hydrogen) atoms. The average molecular weight is 326 g/mol. The van der Waals surface area contributed by atoms with E-state index in [2.05, 4.69) is 56.2 Å². The summed E-state index contributed by atoms with van der Waals surface area (Å²) in [5.74, 6) is 0. The van der Waals surface area contributed by atoms with E-state index in [4.69, 9.17) is 0 Å². The molecule has 1 N–H and O–H groups in total. The topological polar surface area (TPSA) is 18.5 Å². The van der Waals surface area contributed by atoms with Crippen molar-refractivity contribution in [2.24, 2.45) is 0 Å². The molecule has 1 aromatic rings. The van der Waals surface area contributed by atoms with E-state index in [1.807, 2.05) is 7.05 Å². The van der Waals surface area contributed by atoms with Crippen molar-refractivity contribution in [2.45, 2.75) is 20.0 Å². The summed E-state index contributed by atoms with van der Waals surface area (Å²) in [5.41, 5.74) is 2.72. The maximum atomic E-state index is 3.70. The van der Waals surface area contributed by atoms with E-state index in [-0.39, 0.29) is 0 Å². The van der Waals surface area contributed by atoms with Gasteiger partial charge in [-0.3, -0.25) is 4.90 Å². The molecule has 1 saturated heterocycles. The monoisotopic (exact) mass is 325 g/mol. The number of hydrogen-bond acceptors (Lipinski definition) is 3. The van der Waals surface area contributed by atoms with E-state index in [1.54, 1.807) is 0 Å². The third-order valence-corrected chi connectivity index (χ3v) is 4.54. The van der Waals surface area contributed by atoms with Crippen molar-refractivity contribution < 1.29 is 0 Å². The molecular formula is C15H24BrN3. The van der Waals surface area contributed by atoms with Crippen molar-refractivity contribution in [3.8, 4) is 0 Å². The fourth-order valence-electron chi connectivity index (χ4n) is 2.54. The van der Waals surface area contributed by atoms with E-state index < -0.39 is 0 Å². The first-order valence-corrected chi connectivity index (χ1v) is 7.89. The van der Waals surface area contributed by atoms with E-state index in [1.165, 1.54) is 48.3 Å². The predicted octanol–water partition coefficient (Wildman–Crippen LogP) is 2.31. The maximum Gasteiger partial charge on any atom is 0.0246 e. The lowest BCUT2D eigenvalue weighted by molar-refractivity contribution is 0.132. The molecule has 0 amide bonds. The molecule has 0 radical (unpaired) electrons. The van der Waals surface area contributed by atoms with Gasteiger partial charge in [0.25, 0.3) is 0 Å². The van der Waals surface area contributed by atoms with E-state index >= 15 is 0 Å². The molecule has 3 nitrogen and oxygen atoms in total. The molecule has 1 heterocycles. The molecule has 1 aliphatic heterocycles. The van der Waals surface area contributed by atoms with E-state index in [0.717, 1.165) is 13.1 Å². The Morgan fingerprint density at radius 2 is 1.84 bits per heavy atom. The average Bonchev–Trinajstić information content (AvgIpc) is 2.43. The summed E-state index contributed by atoms with van der Waals surface area (Å²) in [6, 6.07) is 6.70. The largest absolute Gasteiger partial charge is 0.316 e. The van der Waals surface area contributed by atoms with E-state index in [0.29, 0.717) is 0 Å². The molecule has 0 bridgehead atoms. The summed E-state index contributed by atoms with van der Waals surface area (Å²) in [6.45, 7) is 10.2. The molecule has 1 fully saturated rings. The summed E-state index contributed by atoms with van der Waals surface area (Å²) in [6.07, 6.45) is 0. The fraction of sp³-hybridized carbons (Fsp3) is 0.600. The minimum Gasteiger partial charge on any atom is -0.316 e. The Labute approximate surface area is 125 Å². The summed E-state index contributed by atoms with van der Waals surface area (Å²) in [7, 11) is 1.98. The zero-order valence-corrected chi connectivity index (χ0v) is 13.5. The predicted molar refractivity (Wildman–Crippen MR) is 84.3 cm³/mol. The second-order valence-electron chi connectivity index (χ2n) is 5.17. The van der Waals surface area contributed by atoms with Crippen molar-refractivity contribution >= 4 is 15.9 Å². The van der Waals surface area contributed by atoms with Gasteiger partial charge >= 0.3 is 0 Å². The minimum absolute atomic E-state index is 0.925. The van der Waals surface area contributed by atoms with Gasteiger partial charge in [0.15, 0.2) is 0 Å². The number of piperazine rings is 1. The molecule has 0 atom stereocenters. The van der Waals surface area contributed by atoms with Crippen molar-refractivity contribution in [1.82, 2.24) is 15.1 Å². The van der Waals surface area contributed by atoms with Crippen LogP contribution in [-0.2, 0) is 13.1 Å². The van der Waals surface area contributed by atoms with Gasteiger partial charge in [0.1, 0.15) is 0 Å². The summed E-state index contributed by atoms with van der Waals surface area (Å²) in [5, 5.41) is 3.19. The van der Waals surface area contributed by atoms with Crippen LogP contribution in [0.25, 0.3) is 0 Å². The smallest absolute Gasteiger partial charge is 0.0246 e. The van der Waals surface area contributed by atoms with Crippen LogP contribution in [0.3, 0.4) is 0 Å². The Hall–Kier alpha value is -0.420. The first-order chi connectivity index (χ1) is 9.22. The van der Waals surface area contributed by atoms with Crippen molar-refractivity contribution in [1.29, 1.82) is 0 Å². The Kier molecular flexibility index (Phi) is 5.82. The van der Waals surface area contributed by atoms with Gasteiger partial charge in [-0.15, -0.1) is 0 Å². The lowest BCUT2D eigenvalue weighted by atomic mass is 10.1. The van der Waals surface area contributed by atoms with Crippen molar-refractivity contribution in [2.75, 3.05) is 39.8 Å². The zero-order chi connectivity index (χ0) is 13.7. The highest BCUT2D eigenvalue weighted by Gasteiger charge is 2.16. The summed E-state index contributed by atoms with van der Waals surface area (Å²) in [4.78, 5) is 5.06. The third-order valence-electron chi connectivity index (χ3n) is 3.80. The number of benzene rings is 1. The number of nitrogens with zero attached hydrogens (tertiary/aromatic N) is 2. The number of nitrogens with one attached hydrogen (secondary N) is 1. The highest BCUT2D eigenvalue weighted by atomic mass is 79.9. The van der Waals surface area contributed by atoms with Gasteiger partial charge in [-0.05, 0) is 30.8 Å². The Morgan fingerprint density at radius 3 is 2.42 bits per heavy atom. The van der Waals surface area contributed by atoms with Gasteiger partial charge in [0.2, 0.25) is 0 Å². The van der Waals surface area contributed by atoms with Gasteiger partial charge in [-0.2, -0.15) is 0 Å². The number of halogens is 1. The van der Waals surface area contributed by atoms with Gasteiger partial charge in [0.05, 0.1) is 0 Å². The normalized spacial score (nSPS) is 17.8. The lowest BCUT2D eigenvalue weighted by Gasteiger charge is -2.34. The van der Waals surface area contributed by atoms with Crippen LogP contribution in [0.15, 0.2) is 22.7 Å². The molecule has 106 valence electrons. The Morgan fingerprint density at radius 1 is 1.16 bits per heavy atom. The zero-order valence-electron chi connectivity index (χ0n) is 12.0. The maximum absolute atomic E-state index is 3.70. The second kappa shape index (κ2) is 7.39. The molecule has 0 unspecified atom stereocenters. The molecule has 0 aromatic heterocycles. The SMILES string of the molecule is CCN1CCN(Cc2ccc(CNC)cc2Br)CC1. The minimum atomic E-state index is 0.925. The van der Waals surface area contributed by atoms with Crippen LogP contribution in [0.5, 0.6) is 0 Å². The van der Waals surface area contributed by atoms with Crippen LogP contribution in [0, 0.1) is 0 Å². The van der Waals surface area contributed by atoms with Gasteiger partial charge in [-0.25, -0.2) is 0 Å². The lowest BCUT2D eigenvalue weighted by Crippen LogP contribution is -2.45. The molecule has 0 aliphatic carbocycles. The van der Waals surface area contributed by atoms with Crippen LogP contribution in [0.2, 0.25) is 0 Å². The third kappa shape index (κ3) is 4.28. The molecular weight excluding hydrogens is 302 g/mol. The second-order valence-corrected chi connectivity index (χ2v) is 6.02. The van der Waals surface area contributed by atoms with Crippen LogP contribution >= 0.6 is 15.9 Å². The highest BCUT2D eigenvalue weighted by Crippen LogP contribution is 2.21. The van der Waals surface area contributed by atoms with E-state index in [9.17, 15) is 0 Å². The van der Waals surface area contributed by atoms with Crippen molar-refractivity contribution in [3.63, 3.8) is 0 Å². The standard InChI is InChI=1S/C15H24BrN3/c1-3-18-6-8-19(9-7-18)12-14-5-4-13(11-17-2)10-15(14)16/h4-5,10,17H,3,6-9,11-12H2,1-2H3.